The van der Waals surface area contributed by atoms with Crippen molar-refractivity contribution in [3.05, 3.63) is 0 Å². The van der Waals surface area contributed by atoms with E-state index < -0.39 is 0 Å². The van der Waals surface area contributed by atoms with Crippen molar-refractivity contribution in [1.82, 2.24) is 0 Å². The number of hydrogen-bond donors (Lipinski definition) is 0. The van der Waals surface area contributed by atoms with E-state index in [1.165, 1.54) is 25.7 Å². The first-order valence-electron chi connectivity index (χ1n) is 5.16. The fourth-order valence-electron chi connectivity index (χ4n) is 2.26. The molecule has 0 bridgehead atoms. The van der Waals surface area contributed by atoms with Gasteiger partial charge in [-0.2, -0.15) is 0 Å². The summed E-state index contributed by atoms with van der Waals surface area (Å²) in [7, 11) is 0. The number of ether oxygens (including phenoxy) is 1. The average molecular weight is 170 g/mol. The largest absolute Gasteiger partial charge is 0.374 e. The maximum Gasteiger partial charge on any atom is 0.0731 e. The molecule has 1 heterocycles. The zero-order valence-electron chi connectivity index (χ0n) is 8.94. The highest BCUT2D eigenvalue weighted by Gasteiger charge is 2.44. The van der Waals surface area contributed by atoms with Gasteiger partial charge in [0.05, 0.1) is 5.60 Å². The van der Waals surface area contributed by atoms with E-state index in [-0.39, 0.29) is 5.60 Å². The third-order valence-electron chi connectivity index (χ3n) is 3.12. The molecule has 0 N–H and O–H groups in total. The standard InChI is InChI=1S/C11H22O/c1-5-7-11(10(2,3)4)8-6-9-12-11/h5-9H2,1-4H3. The Balaban J connectivity index is 2.72. The summed E-state index contributed by atoms with van der Waals surface area (Å²) in [6.07, 6.45) is 4.95. The van der Waals surface area contributed by atoms with E-state index in [1.807, 2.05) is 0 Å². The summed E-state index contributed by atoms with van der Waals surface area (Å²) in [5.41, 5.74) is 0.487. The lowest BCUT2D eigenvalue weighted by Gasteiger charge is -2.41. The molecule has 0 radical (unpaired) electrons. The summed E-state index contributed by atoms with van der Waals surface area (Å²) in [6, 6.07) is 0. The van der Waals surface area contributed by atoms with Crippen molar-refractivity contribution >= 4 is 0 Å². The fourth-order valence-corrected chi connectivity index (χ4v) is 2.26. The zero-order chi connectivity index (χ0) is 9.24. The smallest absolute Gasteiger partial charge is 0.0731 e. The van der Waals surface area contributed by atoms with Crippen LogP contribution in [0.1, 0.15) is 53.4 Å². The Labute approximate surface area is 76.5 Å². The predicted molar refractivity (Wildman–Crippen MR) is 52.3 cm³/mol. The maximum absolute atomic E-state index is 5.95. The summed E-state index contributed by atoms with van der Waals surface area (Å²) in [4.78, 5) is 0. The Morgan fingerprint density at radius 2 is 2.00 bits per heavy atom. The lowest BCUT2D eigenvalue weighted by atomic mass is 9.72. The van der Waals surface area contributed by atoms with Gasteiger partial charge in [0.1, 0.15) is 0 Å². The van der Waals surface area contributed by atoms with Crippen LogP contribution in [0.4, 0.5) is 0 Å². The Kier molecular flexibility index (Phi) is 2.82. The van der Waals surface area contributed by atoms with Crippen molar-refractivity contribution in [3.63, 3.8) is 0 Å². The zero-order valence-corrected chi connectivity index (χ0v) is 8.94. The molecule has 0 saturated carbocycles. The number of hydrogen-bond acceptors (Lipinski definition) is 1. The van der Waals surface area contributed by atoms with E-state index in [1.54, 1.807) is 0 Å². The van der Waals surface area contributed by atoms with Gasteiger partial charge < -0.3 is 4.74 Å². The molecule has 1 rings (SSSR count). The van der Waals surface area contributed by atoms with E-state index in [4.69, 9.17) is 4.74 Å². The van der Waals surface area contributed by atoms with E-state index in [9.17, 15) is 0 Å². The first kappa shape index (κ1) is 10.0. The summed E-state index contributed by atoms with van der Waals surface area (Å²) < 4.78 is 5.95. The van der Waals surface area contributed by atoms with Crippen molar-refractivity contribution < 1.29 is 4.74 Å². The minimum absolute atomic E-state index is 0.182. The van der Waals surface area contributed by atoms with Gasteiger partial charge >= 0.3 is 0 Å². The third kappa shape index (κ3) is 1.66. The quantitative estimate of drug-likeness (QED) is 0.617. The van der Waals surface area contributed by atoms with Gasteiger partial charge in [0.2, 0.25) is 0 Å². The molecule has 0 aromatic heterocycles. The summed E-state index contributed by atoms with van der Waals surface area (Å²) >= 11 is 0. The summed E-state index contributed by atoms with van der Waals surface area (Å²) in [5, 5.41) is 0. The second kappa shape index (κ2) is 3.37. The molecular formula is C11H22O. The van der Waals surface area contributed by atoms with Gasteiger partial charge in [-0.1, -0.05) is 34.1 Å². The molecule has 1 nitrogen and oxygen atoms in total. The lowest BCUT2D eigenvalue weighted by molar-refractivity contribution is -0.0837. The van der Waals surface area contributed by atoms with Crippen molar-refractivity contribution in [3.8, 4) is 0 Å². The van der Waals surface area contributed by atoms with Gasteiger partial charge in [-0.3, -0.25) is 0 Å². The monoisotopic (exact) mass is 170 g/mol. The minimum atomic E-state index is 0.182. The molecule has 1 aliphatic heterocycles. The molecule has 1 aliphatic rings. The molecule has 72 valence electrons. The first-order valence-corrected chi connectivity index (χ1v) is 5.16. The van der Waals surface area contributed by atoms with Crippen LogP contribution in [-0.2, 0) is 4.74 Å². The molecule has 1 heteroatoms. The molecule has 1 fully saturated rings. The highest BCUT2D eigenvalue weighted by molar-refractivity contribution is 4.94. The fraction of sp³-hybridized carbons (Fsp3) is 1.00. The highest BCUT2D eigenvalue weighted by atomic mass is 16.5. The lowest BCUT2D eigenvalue weighted by Crippen LogP contribution is -2.42. The molecule has 0 aliphatic carbocycles. The van der Waals surface area contributed by atoms with Crippen LogP contribution in [0.2, 0.25) is 0 Å². The van der Waals surface area contributed by atoms with Crippen LogP contribution in [0, 0.1) is 5.41 Å². The molecule has 0 spiro atoms. The van der Waals surface area contributed by atoms with Crippen molar-refractivity contribution in [2.24, 2.45) is 5.41 Å². The van der Waals surface area contributed by atoms with Gasteiger partial charge in [-0.15, -0.1) is 0 Å². The molecule has 0 aromatic carbocycles. The Morgan fingerprint density at radius 1 is 1.33 bits per heavy atom. The van der Waals surface area contributed by atoms with E-state index in [0.29, 0.717) is 5.41 Å². The van der Waals surface area contributed by atoms with Crippen LogP contribution in [-0.4, -0.2) is 12.2 Å². The first-order chi connectivity index (χ1) is 5.52. The van der Waals surface area contributed by atoms with Gasteiger partial charge in [0.25, 0.3) is 0 Å². The SMILES string of the molecule is CCCC1(C(C)(C)C)CCCO1. The highest BCUT2D eigenvalue weighted by Crippen LogP contribution is 2.44. The topological polar surface area (TPSA) is 9.23 Å². The molecule has 12 heavy (non-hydrogen) atoms. The van der Waals surface area contributed by atoms with Crippen LogP contribution < -0.4 is 0 Å². The molecule has 1 saturated heterocycles. The van der Waals surface area contributed by atoms with Crippen LogP contribution in [0.3, 0.4) is 0 Å². The average Bonchev–Trinajstić information content (AvgIpc) is 2.36. The molecule has 0 amide bonds. The molecule has 1 atom stereocenters. The maximum atomic E-state index is 5.95. The van der Waals surface area contributed by atoms with Gasteiger partial charge in [-0.25, -0.2) is 0 Å². The molecular weight excluding hydrogens is 148 g/mol. The summed E-state index contributed by atoms with van der Waals surface area (Å²) in [6.45, 7) is 10.1. The minimum Gasteiger partial charge on any atom is -0.374 e. The van der Waals surface area contributed by atoms with E-state index in [2.05, 4.69) is 27.7 Å². The normalized spacial score (nSPS) is 31.0. The second-order valence-corrected chi connectivity index (χ2v) is 4.95. The van der Waals surface area contributed by atoms with Crippen molar-refractivity contribution in [2.75, 3.05) is 6.61 Å². The van der Waals surface area contributed by atoms with Crippen LogP contribution in [0.15, 0.2) is 0 Å². The van der Waals surface area contributed by atoms with E-state index >= 15 is 0 Å². The van der Waals surface area contributed by atoms with Gasteiger partial charge in [0, 0.05) is 6.61 Å². The molecule has 0 aromatic rings. The predicted octanol–water partition coefficient (Wildman–Crippen LogP) is 3.38. The van der Waals surface area contributed by atoms with Crippen LogP contribution in [0.5, 0.6) is 0 Å². The van der Waals surface area contributed by atoms with Crippen LogP contribution in [0.25, 0.3) is 0 Å². The third-order valence-corrected chi connectivity index (χ3v) is 3.12. The van der Waals surface area contributed by atoms with Gasteiger partial charge in [0.15, 0.2) is 0 Å². The van der Waals surface area contributed by atoms with Crippen molar-refractivity contribution in [2.45, 2.75) is 59.0 Å². The Morgan fingerprint density at radius 3 is 2.33 bits per heavy atom. The Hall–Kier alpha value is -0.0400. The number of rotatable bonds is 2. The Bertz CT molecular complexity index is 138. The van der Waals surface area contributed by atoms with Crippen molar-refractivity contribution in [1.29, 1.82) is 0 Å². The van der Waals surface area contributed by atoms with E-state index in [0.717, 1.165) is 6.61 Å². The van der Waals surface area contributed by atoms with Crippen LogP contribution >= 0.6 is 0 Å². The van der Waals surface area contributed by atoms with Gasteiger partial charge in [-0.05, 0) is 24.7 Å². The second-order valence-electron chi connectivity index (χ2n) is 4.95. The molecule has 1 unspecified atom stereocenters. The summed E-state index contributed by atoms with van der Waals surface area (Å²) in [5.74, 6) is 0.